The minimum absolute atomic E-state index is 0.101. The molecule has 0 fully saturated rings. The summed E-state index contributed by atoms with van der Waals surface area (Å²) in [6, 6.07) is 9.12. The zero-order chi connectivity index (χ0) is 17.7. The third-order valence-electron chi connectivity index (χ3n) is 3.04. The zero-order valence-corrected chi connectivity index (χ0v) is 12.5. The van der Waals surface area contributed by atoms with Crippen LogP contribution in [-0.4, -0.2) is 34.6 Å². The normalized spacial score (nSPS) is 9.83. The van der Waals surface area contributed by atoms with Crippen molar-refractivity contribution in [2.24, 2.45) is 0 Å². The molecule has 0 spiro atoms. The van der Waals surface area contributed by atoms with Gasteiger partial charge in [-0.2, -0.15) is 5.26 Å². The molecule has 1 aromatic carbocycles. The van der Waals surface area contributed by atoms with Crippen molar-refractivity contribution in [2.45, 2.75) is 0 Å². The first-order valence-electron chi connectivity index (χ1n) is 6.66. The molecule has 0 saturated heterocycles. The molecule has 2 aromatic rings. The zero-order valence-electron chi connectivity index (χ0n) is 12.5. The van der Waals surface area contributed by atoms with Gasteiger partial charge in [-0.3, -0.25) is 14.9 Å². The third kappa shape index (κ3) is 3.95. The molecule has 0 atom stereocenters. The monoisotopic (exact) mass is 328 g/mol. The van der Waals surface area contributed by atoms with Crippen molar-refractivity contribution in [3.05, 3.63) is 52.2 Å². The van der Waals surface area contributed by atoms with E-state index < -0.39 is 10.9 Å². The van der Waals surface area contributed by atoms with Crippen molar-refractivity contribution in [3.63, 3.8) is 0 Å². The molecule has 0 unspecified atom stereocenters. The highest BCUT2D eigenvalue weighted by Crippen LogP contribution is 2.28. The number of benzene rings is 1. The predicted molar refractivity (Wildman–Crippen MR) is 83.0 cm³/mol. The lowest BCUT2D eigenvalue weighted by Crippen LogP contribution is -2.25. The summed E-state index contributed by atoms with van der Waals surface area (Å²) in [5.74, 6) is -0.679. The van der Waals surface area contributed by atoms with Gasteiger partial charge < -0.3 is 14.7 Å². The predicted octanol–water partition coefficient (Wildman–Crippen LogP) is 2.17. The Balaban J connectivity index is 2.23. The summed E-state index contributed by atoms with van der Waals surface area (Å²) in [5.41, 5.74) is 0.552. The van der Waals surface area contributed by atoms with Crippen LogP contribution in [0, 0.1) is 21.4 Å². The van der Waals surface area contributed by atoms with Crippen LogP contribution in [0.4, 0.5) is 11.4 Å². The Morgan fingerprint density at radius 2 is 2.21 bits per heavy atom. The van der Waals surface area contributed by atoms with E-state index in [-0.39, 0.29) is 29.4 Å². The van der Waals surface area contributed by atoms with E-state index >= 15 is 0 Å². The Hall–Kier alpha value is -3.67. The molecule has 0 aliphatic carbocycles. The molecule has 1 heterocycles. The molecular formula is C15H12N4O5. The molecule has 0 amide bonds. The number of nitro groups is 1. The number of rotatable bonds is 6. The van der Waals surface area contributed by atoms with Gasteiger partial charge in [-0.25, -0.2) is 4.98 Å². The van der Waals surface area contributed by atoms with Gasteiger partial charge in [0, 0.05) is 24.9 Å². The Bertz CT molecular complexity index is 814. The maximum absolute atomic E-state index is 10.7. The Kier molecular flexibility index (Phi) is 4.91. The largest absolute Gasteiger partial charge is 0.480 e. The highest BCUT2D eigenvalue weighted by Gasteiger charge is 2.12. The maximum atomic E-state index is 10.7. The Morgan fingerprint density at radius 1 is 1.46 bits per heavy atom. The number of likely N-dealkylation sites (N-methyl/N-ethyl adjacent to an activating group) is 1. The molecule has 0 saturated carbocycles. The smallest absolute Gasteiger partial charge is 0.323 e. The van der Waals surface area contributed by atoms with Gasteiger partial charge in [0.05, 0.1) is 10.5 Å². The number of ether oxygens (including phenoxy) is 1. The number of carboxylic acid groups (broad SMARTS) is 1. The van der Waals surface area contributed by atoms with Crippen molar-refractivity contribution in [1.82, 2.24) is 4.98 Å². The fourth-order valence-corrected chi connectivity index (χ4v) is 1.88. The van der Waals surface area contributed by atoms with Crippen LogP contribution in [0.25, 0.3) is 0 Å². The van der Waals surface area contributed by atoms with E-state index in [2.05, 4.69) is 4.98 Å². The molecule has 9 heteroatoms. The fraction of sp³-hybridized carbons (Fsp3) is 0.133. The second-order valence-corrected chi connectivity index (χ2v) is 4.76. The average molecular weight is 328 g/mol. The van der Waals surface area contributed by atoms with Gasteiger partial charge in [-0.1, -0.05) is 0 Å². The number of anilines is 1. The summed E-state index contributed by atoms with van der Waals surface area (Å²) < 4.78 is 5.46. The lowest BCUT2D eigenvalue weighted by atomic mass is 10.2. The number of nitriles is 1. The second kappa shape index (κ2) is 7.06. The lowest BCUT2D eigenvalue weighted by molar-refractivity contribution is -0.385. The van der Waals surface area contributed by atoms with Crippen molar-refractivity contribution < 1.29 is 19.6 Å². The average Bonchev–Trinajstić information content (AvgIpc) is 2.55. The molecule has 9 nitrogen and oxygen atoms in total. The first kappa shape index (κ1) is 16.7. The van der Waals surface area contributed by atoms with Crippen LogP contribution >= 0.6 is 0 Å². The van der Waals surface area contributed by atoms with Crippen molar-refractivity contribution in [1.29, 1.82) is 5.26 Å². The van der Waals surface area contributed by atoms with Gasteiger partial charge in [0.1, 0.15) is 24.6 Å². The van der Waals surface area contributed by atoms with Gasteiger partial charge in [0.25, 0.3) is 5.69 Å². The quantitative estimate of drug-likeness (QED) is 0.630. The topological polar surface area (TPSA) is 130 Å². The molecular weight excluding hydrogens is 316 g/mol. The lowest BCUT2D eigenvalue weighted by Gasteiger charge is -2.17. The van der Waals surface area contributed by atoms with Crippen LogP contribution in [0.2, 0.25) is 0 Å². The first-order chi connectivity index (χ1) is 11.4. The van der Waals surface area contributed by atoms with Crippen LogP contribution in [0.3, 0.4) is 0 Å². The highest BCUT2D eigenvalue weighted by atomic mass is 16.6. The summed E-state index contributed by atoms with van der Waals surface area (Å²) in [6.45, 7) is -0.213. The number of carboxylic acids is 1. The molecule has 1 N–H and O–H groups in total. The van der Waals surface area contributed by atoms with Gasteiger partial charge in [-0.15, -0.1) is 0 Å². The number of nitrogens with zero attached hydrogens (tertiary/aromatic N) is 4. The van der Waals surface area contributed by atoms with E-state index in [0.29, 0.717) is 5.69 Å². The second-order valence-electron chi connectivity index (χ2n) is 4.76. The number of aliphatic carboxylic acids is 1. The number of hydrogen-bond acceptors (Lipinski definition) is 7. The summed E-state index contributed by atoms with van der Waals surface area (Å²) >= 11 is 0. The van der Waals surface area contributed by atoms with Crippen molar-refractivity contribution >= 4 is 17.3 Å². The van der Waals surface area contributed by atoms with Gasteiger partial charge in [-0.05, 0) is 18.2 Å². The molecule has 0 radical (unpaired) electrons. The Labute approximate surface area is 136 Å². The summed E-state index contributed by atoms with van der Waals surface area (Å²) in [7, 11) is 1.59. The van der Waals surface area contributed by atoms with E-state index in [0.717, 1.165) is 6.20 Å². The van der Waals surface area contributed by atoms with E-state index in [1.165, 1.54) is 29.2 Å². The maximum Gasteiger partial charge on any atom is 0.323 e. The number of carbonyl (C=O) groups is 1. The van der Waals surface area contributed by atoms with Gasteiger partial charge in [0.15, 0.2) is 0 Å². The summed E-state index contributed by atoms with van der Waals surface area (Å²) in [5, 5.41) is 28.6. The van der Waals surface area contributed by atoms with Crippen LogP contribution in [0.1, 0.15) is 5.56 Å². The van der Waals surface area contributed by atoms with E-state index in [9.17, 15) is 20.2 Å². The number of pyridine rings is 1. The molecule has 122 valence electrons. The summed E-state index contributed by atoms with van der Waals surface area (Å²) in [6.07, 6.45) is 1.05. The van der Waals surface area contributed by atoms with Crippen molar-refractivity contribution in [3.8, 4) is 17.7 Å². The third-order valence-corrected chi connectivity index (χ3v) is 3.04. The van der Waals surface area contributed by atoms with Crippen LogP contribution in [-0.2, 0) is 4.79 Å². The SMILES string of the molecule is CN(CC(=O)O)c1ccc(Oc2ccc([N+](=O)[O-])cn2)c(C#N)c1. The standard InChI is InChI=1S/C15H12N4O5/c1-18(9-15(20)21)11-2-4-13(10(6-11)7-16)24-14-5-3-12(8-17-14)19(22)23/h2-6,8H,9H2,1H3,(H,20,21). The van der Waals surface area contributed by atoms with E-state index in [1.54, 1.807) is 13.1 Å². The summed E-state index contributed by atoms with van der Waals surface area (Å²) in [4.78, 5) is 26.0. The van der Waals surface area contributed by atoms with Crippen molar-refractivity contribution in [2.75, 3.05) is 18.5 Å². The molecule has 24 heavy (non-hydrogen) atoms. The molecule has 0 aliphatic rings. The Morgan fingerprint density at radius 3 is 2.75 bits per heavy atom. The number of aromatic nitrogens is 1. The van der Waals surface area contributed by atoms with Gasteiger partial charge in [0.2, 0.25) is 5.88 Å². The molecule has 1 aromatic heterocycles. The van der Waals surface area contributed by atoms with E-state index in [1.807, 2.05) is 6.07 Å². The minimum Gasteiger partial charge on any atom is -0.480 e. The van der Waals surface area contributed by atoms with Crippen LogP contribution in [0.5, 0.6) is 11.6 Å². The molecule has 0 aliphatic heterocycles. The minimum atomic E-state index is -0.994. The number of hydrogen-bond donors (Lipinski definition) is 1. The van der Waals surface area contributed by atoms with Crippen LogP contribution < -0.4 is 9.64 Å². The van der Waals surface area contributed by atoms with Crippen LogP contribution in [0.15, 0.2) is 36.5 Å². The van der Waals surface area contributed by atoms with Gasteiger partial charge >= 0.3 is 5.97 Å². The first-order valence-corrected chi connectivity index (χ1v) is 6.66. The molecule has 0 bridgehead atoms. The fourth-order valence-electron chi connectivity index (χ4n) is 1.88. The molecule has 2 rings (SSSR count). The highest BCUT2D eigenvalue weighted by molar-refractivity contribution is 5.74. The van der Waals surface area contributed by atoms with E-state index in [4.69, 9.17) is 9.84 Å².